The highest BCUT2D eigenvalue weighted by Gasteiger charge is 2.43. The van der Waals surface area contributed by atoms with Crippen LogP contribution in [-0.2, 0) is 5.54 Å². The van der Waals surface area contributed by atoms with Crippen molar-refractivity contribution in [1.82, 2.24) is 5.32 Å². The highest BCUT2D eigenvalue weighted by atomic mass is 19.1. The van der Waals surface area contributed by atoms with Gasteiger partial charge in [0.25, 0.3) is 0 Å². The van der Waals surface area contributed by atoms with Crippen molar-refractivity contribution >= 4 is 11.3 Å². The summed E-state index contributed by atoms with van der Waals surface area (Å²) < 4.78 is 13.9. The van der Waals surface area contributed by atoms with Gasteiger partial charge in [-0.05, 0) is 68.1 Å². The number of nitrogens with one attached hydrogen (secondary N) is 2. The molecule has 0 atom stereocenters. The van der Waals surface area contributed by atoms with Gasteiger partial charge in [-0.1, -0.05) is 13.0 Å². The van der Waals surface area contributed by atoms with Crippen LogP contribution in [0.1, 0.15) is 44.2 Å². The maximum absolute atomic E-state index is 13.9. The third-order valence-corrected chi connectivity index (χ3v) is 3.80. The standard InChI is InChI=1S/C16H21FN2/c1-4-5-15(11(2)18)12-8-13(10-14(17)9-12)16(19-3)6-7-16/h5,8-10,18-19H,4,6-7H2,1-3H3/b15-5+,18-11?. The van der Waals surface area contributed by atoms with Crippen molar-refractivity contribution in [2.24, 2.45) is 0 Å². The van der Waals surface area contributed by atoms with E-state index in [-0.39, 0.29) is 11.4 Å². The molecule has 1 aliphatic rings. The van der Waals surface area contributed by atoms with E-state index in [1.54, 1.807) is 13.0 Å². The predicted octanol–water partition coefficient (Wildman–Crippen LogP) is 3.87. The molecule has 1 fully saturated rings. The summed E-state index contributed by atoms with van der Waals surface area (Å²) in [5, 5.41) is 11.1. The molecule has 0 radical (unpaired) electrons. The van der Waals surface area contributed by atoms with Gasteiger partial charge in [-0.3, -0.25) is 0 Å². The fourth-order valence-electron chi connectivity index (χ4n) is 2.52. The Balaban J connectivity index is 2.47. The van der Waals surface area contributed by atoms with E-state index in [2.05, 4.69) is 5.32 Å². The molecule has 1 saturated carbocycles. The molecule has 1 aliphatic carbocycles. The molecule has 0 saturated heterocycles. The van der Waals surface area contributed by atoms with Gasteiger partial charge in [0.2, 0.25) is 0 Å². The summed E-state index contributed by atoms with van der Waals surface area (Å²) in [5.74, 6) is -0.225. The van der Waals surface area contributed by atoms with Crippen LogP contribution in [0.3, 0.4) is 0 Å². The van der Waals surface area contributed by atoms with Gasteiger partial charge in [0.05, 0.1) is 0 Å². The number of allylic oxidation sites excluding steroid dienone is 2. The first-order valence-corrected chi connectivity index (χ1v) is 6.78. The lowest BCUT2D eigenvalue weighted by atomic mass is 9.95. The Bertz CT molecular complexity index is 528. The van der Waals surface area contributed by atoms with Gasteiger partial charge in [0.15, 0.2) is 0 Å². The van der Waals surface area contributed by atoms with Gasteiger partial charge < -0.3 is 10.7 Å². The molecule has 102 valence electrons. The van der Waals surface area contributed by atoms with Crippen molar-refractivity contribution in [1.29, 1.82) is 5.41 Å². The fraction of sp³-hybridized carbons (Fsp3) is 0.438. The minimum Gasteiger partial charge on any atom is -0.310 e. The molecule has 1 aromatic carbocycles. The van der Waals surface area contributed by atoms with Crippen molar-refractivity contribution in [3.63, 3.8) is 0 Å². The SMILES string of the molecule is CC/C=C(\C(C)=N)c1cc(F)cc(C2(NC)CC2)c1. The van der Waals surface area contributed by atoms with Crippen LogP contribution in [0.4, 0.5) is 4.39 Å². The average molecular weight is 260 g/mol. The number of hydrogen-bond donors (Lipinski definition) is 2. The maximum Gasteiger partial charge on any atom is 0.124 e. The summed E-state index contributed by atoms with van der Waals surface area (Å²) in [6.07, 6.45) is 4.92. The largest absolute Gasteiger partial charge is 0.310 e. The van der Waals surface area contributed by atoms with Crippen molar-refractivity contribution in [3.8, 4) is 0 Å². The van der Waals surface area contributed by atoms with Crippen molar-refractivity contribution in [2.45, 2.75) is 38.6 Å². The van der Waals surface area contributed by atoms with Gasteiger partial charge in [-0.15, -0.1) is 0 Å². The van der Waals surface area contributed by atoms with E-state index in [0.29, 0.717) is 5.71 Å². The minimum atomic E-state index is -0.225. The van der Waals surface area contributed by atoms with Crippen LogP contribution in [0.2, 0.25) is 0 Å². The Morgan fingerprint density at radius 3 is 2.58 bits per heavy atom. The van der Waals surface area contributed by atoms with Crippen molar-refractivity contribution < 1.29 is 4.39 Å². The van der Waals surface area contributed by atoms with Crippen LogP contribution in [0, 0.1) is 11.2 Å². The predicted molar refractivity (Wildman–Crippen MR) is 78.0 cm³/mol. The van der Waals surface area contributed by atoms with E-state index in [9.17, 15) is 4.39 Å². The smallest absolute Gasteiger partial charge is 0.124 e. The van der Waals surface area contributed by atoms with E-state index in [4.69, 9.17) is 5.41 Å². The highest BCUT2D eigenvalue weighted by molar-refractivity contribution is 6.21. The van der Waals surface area contributed by atoms with Gasteiger partial charge in [-0.2, -0.15) is 0 Å². The maximum atomic E-state index is 13.9. The summed E-state index contributed by atoms with van der Waals surface area (Å²) in [7, 11) is 1.92. The third-order valence-electron chi connectivity index (χ3n) is 3.80. The number of hydrogen-bond acceptors (Lipinski definition) is 2. The zero-order chi connectivity index (χ0) is 14.0. The Morgan fingerprint density at radius 2 is 2.11 bits per heavy atom. The quantitative estimate of drug-likeness (QED) is 0.775. The van der Waals surface area contributed by atoms with E-state index in [1.807, 2.05) is 26.1 Å². The average Bonchev–Trinajstić information content (AvgIpc) is 3.15. The molecule has 3 heteroatoms. The van der Waals surface area contributed by atoms with Gasteiger partial charge >= 0.3 is 0 Å². The summed E-state index contributed by atoms with van der Waals surface area (Å²) in [6, 6.07) is 5.15. The molecular weight excluding hydrogens is 239 g/mol. The number of benzene rings is 1. The molecule has 1 aromatic rings. The second kappa shape index (κ2) is 5.25. The summed E-state index contributed by atoms with van der Waals surface area (Å²) in [5.41, 5.74) is 3.06. The molecule has 0 unspecified atom stereocenters. The van der Waals surface area contributed by atoms with Crippen LogP contribution in [0.5, 0.6) is 0 Å². The van der Waals surface area contributed by atoms with Crippen LogP contribution in [0.15, 0.2) is 24.3 Å². The molecule has 0 aromatic heterocycles. The summed E-state index contributed by atoms with van der Waals surface area (Å²) in [4.78, 5) is 0. The van der Waals surface area contributed by atoms with Crippen LogP contribution in [0.25, 0.3) is 5.57 Å². The first-order chi connectivity index (χ1) is 9.02. The first kappa shape index (κ1) is 13.9. The Morgan fingerprint density at radius 1 is 1.42 bits per heavy atom. The molecule has 2 rings (SSSR count). The number of rotatable bonds is 5. The highest BCUT2D eigenvalue weighted by Crippen LogP contribution is 2.45. The molecule has 0 aliphatic heterocycles. The Kier molecular flexibility index (Phi) is 3.85. The Labute approximate surface area is 114 Å². The Hall–Kier alpha value is -1.48. The van der Waals surface area contributed by atoms with Crippen LogP contribution in [-0.4, -0.2) is 12.8 Å². The molecule has 0 spiro atoms. The van der Waals surface area contributed by atoms with Gasteiger partial charge in [0, 0.05) is 11.3 Å². The lowest BCUT2D eigenvalue weighted by Crippen LogP contribution is -2.24. The zero-order valence-corrected chi connectivity index (χ0v) is 11.8. The summed E-state index contributed by atoms with van der Waals surface area (Å²) in [6.45, 7) is 3.77. The number of halogens is 1. The molecule has 0 bridgehead atoms. The second-order valence-corrected chi connectivity index (χ2v) is 5.21. The molecular formula is C16H21FN2. The topological polar surface area (TPSA) is 35.9 Å². The van der Waals surface area contributed by atoms with Gasteiger partial charge in [-0.25, -0.2) is 4.39 Å². The van der Waals surface area contributed by atoms with E-state index in [0.717, 1.165) is 36.0 Å². The molecule has 0 amide bonds. The first-order valence-electron chi connectivity index (χ1n) is 6.78. The fourth-order valence-corrected chi connectivity index (χ4v) is 2.52. The molecule has 2 N–H and O–H groups in total. The molecule has 0 heterocycles. The molecule has 19 heavy (non-hydrogen) atoms. The van der Waals surface area contributed by atoms with E-state index < -0.39 is 0 Å². The third kappa shape index (κ3) is 2.76. The second-order valence-electron chi connectivity index (χ2n) is 5.21. The van der Waals surface area contributed by atoms with Crippen molar-refractivity contribution in [3.05, 3.63) is 41.2 Å². The van der Waals surface area contributed by atoms with Gasteiger partial charge in [0.1, 0.15) is 5.82 Å². The monoisotopic (exact) mass is 260 g/mol. The van der Waals surface area contributed by atoms with E-state index >= 15 is 0 Å². The van der Waals surface area contributed by atoms with Crippen LogP contribution < -0.4 is 5.32 Å². The minimum absolute atomic E-state index is 0.0515. The zero-order valence-electron chi connectivity index (χ0n) is 11.8. The van der Waals surface area contributed by atoms with Crippen LogP contribution >= 0.6 is 0 Å². The normalized spacial score (nSPS) is 17.4. The molecule has 2 nitrogen and oxygen atoms in total. The van der Waals surface area contributed by atoms with Crippen molar-refractivity contribution in [2.75, 3.05) is 7.05 Å². The summed E-state index contributed by atoms with van der Waals surface area (Å²) >= 11 is 0. The lowest BCUT2D eigenvalue weighted by molar-refractivity contribution is 0.570. The lowest BCUT2D eigenvalue weighted by Gasteiger charge is -2.17. The van der Waals surface area contributed by atoms with E-state index in [1.165, 1.54) is 6.07 Å².